The number of nitro groups is 1. The molecule has 3 aliphatic rings. The maximum absolute atomic E-state index is 14.3. The van der Waals surface area contributed by atoms with Crippen molar-refractivity contribution in [2.45, 2.75) is 89.1 Å². The number of amides is 1. The third kappa shape index (κ3) is 10.2. The Morgan fingerprint density at radius 2 is 1.58 bits per heavy atom. The van der Waals surface area contributed by atoms with Crippen LogP contribution in [0.5, 0.6) is 23.0 Å². The second kappa shape index (κ2) is 20.2. The van der Waals surface area contributed by atoms with Crippen molar-refractivity contribution in [3.8, 4) is 34.1 Å². The molecule has 0 bridgehead atoms. The first-order valence-corrected chi connectivity index (χ1v) is 22.1. The number of allylic oxidation sites excluding steroid dienone is 1. The van der Waals surface area contributed by atoms with Crippen molar-refractivity contribution in [2.24, 2.45) is 22.9 Å². The highest BCUT2D eigenvalue weighted by Crippen LogP contribution is 2.62. The van der Waals surface area contributed by atoms with Gasteiger partial charge in [0, 0.05) is 50.3 Å². The standard InChI is InChI=1S/C51H59N3O10/c1-6-30-60-51-46(53(5)49(57)62-39-24-20-37(21-25-39)54(58)59)33-44(52-64-50(2,3)4)42-31-36(16-10-12-28-55)41(17-11-13-29-56)47(48(42)51)43-32-40(26-27-45(43)63-51)61-38-22-18-35(19-23-38)34-14-8-7-9-15-34/h6-9,14-15,18-27,31-32,36,41,46-48,55-56H,1,10-13,16-17,28-30,33H2,2-5H3/t36-,41+,46-,47+,48+,51+/m0/s1. The first-order chi connectivity index (χ1) is 30.8. The highest BCUT2D eigenvalue weighted by Gasteiger charge is 2.65. The number of nitro benzene ring substituents is 1. The van der Waals surface area contributed by atoms with Crippen LogP contribution in [0, 0.1) is 27.9 Å². The molecule has 7 rings (SSSR count). The van der Waals surface area contributed by atoms with E-state index in [9.17, 15) is 25.1 Å². The summed E-state index contributed by atoms with van der Waals surface area (Å²) in [6, 6.07) is 28.5. The lowest BCUT2D eigenvalue weighted by atomic mass is 9.55. The Morgan fingerprint density at radius 3 is 2.23 bits per heavy atom. The molecule has 1 amide bonds. The quantitative estimate of drug-likeness (QED) is 0.0426. The van der Waals surface area contributed by atoms with Crippen LogP contribution >= 0.6 is 0 Å². The number of rotatable bonds is 18. The molecule has 1 aliphatic heterocycles. The van der Waals surface area contributed by atoms with Crippen LogP contribution in [0.25, 0.3) is 11.1 Å². The topological polar surface area (TPSA) is 162 Å². The van der Waals surface area contributed by atoms with Crippen molar-refractivity contribution in [2.75, 3.05) is 26.9 Å². The number of ether oxygens (including phenoxy) is 4. The lowest BCUT2D eigenvalue weighted by Gasteiger charge is -2.59. The van der Waals surface area contributed by atoms with Gasteiger partial charge in [-0.3, -0.25) is 10.1 Å². The lowest BCUT2D eigenvalue weighted by Crippen LogP contribution is -2.69. The van der Waals surface area contributed by atoms with Crippen molar-refractivity contribution in [3.05, 3.63) is 137 Å². The fourth-order valence-electron chi connectivity index (χ4n) is 9.40. The molecule has 1 saturated carbocycles. The van der Waals surface area contributed by atoms with E-state index in [1.54, 1.807) is 13.1 Å². The minimum atomic E-state index is -1.50. The molecule has 13 nitrogen and oxygen atoms in total. The number of aliphatic hydroxyl groups is 2. The van der Waals surface area contributed by atoms with Crippen LogP contribution in [-0.4, -0.2) is 76.1 Å². The maximum atomic E-state index is 14.3. The van der Waals surface area contributed by atoms with Crippen LogP contribution < -0.4 is 14.2 Å². The molecule has 0 aromatic heterocycles. The van der Waals surface area contributed by atoms with E-state index in [0.29, 0.717) is 35.8 Å². The van der Waals surface area contributed by atoms with Gasteiger partial charge in [0.15, 0.2) is 0 Å². The molecule has 0 unspecified atom stereocenters. The normalized spacial score (nSPS) is 22.9. The van der Waals surface area contributed by atoms with Crippen LogP contribution in [0.2, 0.25) is 0 Å². The van der Waals surface area contributed by atoms with Crippen LogP contribution in [0.15, 0.2) is 127 Å². The summed E-state index contributed by atoms with van der Waals surface area (Å²) in [5, 5.41) is 36.1. The van der Waals surface area contributed by atoms with Gasteiger partial charge in [-0.15, -0.1) is 6.58 Å². The Morgan fingerprint density at radius 1 is 0.922 bits per heavy atom. The summed E-state index contributed by atoms with van der Waals surface area (Å²) in [6.07, 6.45) is 7.80. The zero-order valence-corrected chi connectivity index (χ0v) is 37.1. The zero-order chi connectivity index (χ0) is 45.4. The number of nitrogens with zero attached hydrogens (tertiary/aromatic N) is 3. The SMILES string of the molecule is C=CCO[C@@]12Oc3ccc(Oc4ccc(-c5ccccc5)cc4)cc3[C@H]3[C@H](CCCCO)[C@@H](CCCCO)C=C(C(=NOC(C)(C)C)C[C@@H]1N(C)C(=O)Oc1ccc([N+](=O)[O-])cc1)[C@H]32. The van der Waals surface area contributed by atoms with Gasteiger partial charge in [-0.05, 0) is 117 Å². The lowest BCUT2D eigenvalue weighted by molar-refractivity contribution is -0.384. The Hall–Kier alpha value is -6.02. The second-order valence-corrected chi connectivity index (χ2v) is 17.7. The van der Waals surface area contributed by atoms with E-state index >= 15 is 0 Å². The average Bonchev–Trinajstić information content (AvgIpc) is 3.29. The molecule has 338 valence electrons. The molecule has 0 saturated heterocycles. The molecule has 1 fully saturated rings. The van der Waals surface area contributed by atoms with E-state index < -0.39 is 34.4 Å². The van der Waals surface area contributed by atoms with Gasteiger partial charge in [-0.2, -0.15) is 0 Å². The van der Waals surface area contributed by atoms with E-state index in [1.165, 1.54) is 29.2 Å². The Bertz CT molecular complexity index is 2310. The summed E-state index contributed by atoms with van der Waals surface area (Å²) in [5.41, 5.74) is 3.86. The summed E-state index contributed by atoms with van der Waals surface area (Å²) < 4.78 is 26.6. The number of unbranched alkanes of at least 4 members (excludes halogenated alkanes) is 2. The molecule has 13 heteroatoms. The fourth-order valence-corrected chi connectivity index (χ4v) is 9.40. The van der Waals surface area contributed by atoms with Crippen molar-refractivity contribution in [3.63, 3.8) is 0 Å². The third-order valence-electron chi connectivity index (χ3n) is 12.3. The highest BCUT2D eigenvalue weighted by atomic mass is 16.7. The van der Waals surface area contributed by atoms with Gasteiger partial charge in [0.25, 0.3) is 5.69 Å². The maximum Gasteiger partial charge on any atom is 0.415 e. The van der Waals surface area contributed by atoms with Crippen molar-refractivity contribution in [1.82, 2.24) is 4.90 Å². The predicted molar refractivity (Wildman–Crippen MR) is 245 cm³/mol. The van der Waals surface area contributed by atoms with E-state index in [-0.39, 0.29) is 55.4 Å². The minimum Gasteiger partial charge on any atom is -0.459 e. The smallest absolute Gasteiger partial charge is 0.415 e. The summed E-state index contributed by atoms with van der Waals surface area (Å²) in [5.74, 6) is -0.247. The van der Waals surface area contributed by atoms with Crippen molar-refractivity contribution >= 4 is 17.5 Å². The monoisotopic (exact) mass is 873 g/mol. The molecule has 64 heavy (non-hydrogen) atoms. The van der Waals surface area contributed by atoms with Gasteiger partial charge in [0.1, 0.15) is 34.6 Å². The van der Waals surface area contributed by atoms with Gasteiger partial charge in [-0.25, -0.2) is 4.79 Å². The molecule has 2 aliphatic carbocycles. The molecule has 1 heterocycles. The number of benzene rings is 4. The Balaban J connectivity index is 1.37. The number of hydrogen-bond donors (Lipinski definition) is 2. The predicted octanol–water partition coefficient (Wildman–Crippen LogP) is 10.6. The summed E-state index contributed by atoms with van der Waals surface area (Å²) in [6.45, 7) is 10.00. The number of carbonyl (C=O) groups is 1. The summed E-state index contributed by atoms with van der Waals surface area (Å²) in [7, 11) is 1.63. The molecule has 0 spiro atoms. The molecular weight excluding hydrogens is 815 g/mol. The number of likely N-dealkylation sites (N-methyl/N-ethyl adjacent to an activating group) is 1. The first-order valence-electron chi connectivity index (χ1n) is 22.1. The van der Waals surface area contributed by atoms with Crippen LogP contribution in [0.4, 0.5) is 10.5 Å². The van der Waals surface area contributed by atoms with Gasteiger partial charge in [0.05, 0.1) is 23.2 Å². The molecule has 0 radical (unpaired) electrons. The number of hydrogen-bond acceptors (Lipinski definition) is 11. The van der Waals surface area contributed by atoms with E-state index in [4.69, 9.17) is 28.9 Å². The largest absolute Gasteiger partial charge is 0.459 e. The van der Waals surface area contributed by atoms with Crippen molar-refractivity contribution < 1.29 is 43.7 Å². The van der Waals surface area contributed by atoms with E-state index in [0.717, 1.165) is 47.9 Å². The molecule has 6 atom stereocenters. The van der Waals surface area contributed by atoms with Crippen LogP contribution in [-0.2, 0) is 9.57 Å². The summed E-state index contributed by atoms with van der Waals surface area (Å²) in [4.78, 5) is 32.8. The minimum absolute atomic E-state index is 0.00894. The third-order valence-corrected chi connectivity index (χ3v) is 12.3. The highest BCUT2D eigenvalue weighted by molar-refractivity contribution is 6.03. The summed E-state index contributed by atoms with van der Waals surface area (Å²) >= 11 is 0. The number of carbonyl (C=O) groups excluding carboxylic acids is 1. The van der Waals surface area contributed by atoms with Crippen molar-refractivity contribution in [1.29, 1.82) is 0 Å². The number of non-ortho nitro benzene ring substituents is 1. The molecule has 4 aromatic rings. The molecule has 2 N–H and O–H groups in total. The zero-order valence-electron chi connectivity index (χ0n) is 37.1. The number of aliphatic hydroxyl groups excluding tert-OH is 2. The average molecular weight is 874 g/mol. The van der Waals surface area contributed by atoms with Gasteiger partial charge in [0.2, 0.25) is 5.79 Å². The molecular formula is C51H59N3O10. The van der Waals surface area contributed by atoms with Gasteiger partial charge in [-0.1, -0.05) is 72.6 Å². The first kappa shape index (κ1) is 46.0. The van der Waals surface area contributed by atoms with Gasteiger partial charge < -0.3 is 38.9 Å². The Labute approximate surface area is 375 Å². The van der Waals surface area contributed by atoms with Gasteiger partial charge >= 0.3 is 6.09 Å². The number of oxime groups is 1. The second-order valence-electron chi connectivity index (χ2n) is 17.7. The van der Waals surface area contributed by atoms with E-state index in [1.807, 2.05) is 81.4 Å². The molecule has 4 aromatic carbocycles. The van der Waals surface area contributed by atoms with Crippen LogP contribution in [0.1, 0.15) is 77.2 Å². The fraction of sp³-hybridized carbons (Fsp3) is 0.412. The van der Waals surface area contributed by atoms with Crippen LogP contribution in [0.3, 0.4) is 0 Å². The van der Waals surface area contributed by atoms with E-state index in [2.05, 4.69) is 24.8 Å². The number of fused-ring (bicyclic) bond motifs is 2. The Kier molecular flexibility index (Phi) is 14.5.